The second kappa shape index (κ2) is 5.37. The normalized spacial score (nSPS) is 13.9. The van der Waals surface area contributed by atoms with Gasteiger partial charge in [0.05, 0.1) is 0 Å². The predicted octanol–water partition coefficient (Wildman–Crippen LogP) is 2.95. The molecule has 1 aromatic carbocycles. The molecule has 0 aromatic heterocycles. The van der Waals surface area contributed by atoms with E-state index in [0.717, 1.165) is 5.56 Å². The van der Waals surface area contributed by atoms with Gasteiger partial charge in [-0.25, -0.2) is 0 Å². The molecule has 0 radical (unpaired) electrons. The van der Waals surface area contributed by atoms with Gasteiger partial charge in [-0.3, -0.25) is 0 Å². The molecule has 84 valence electrons. The summed E-state index contributed by atoms with van der Waals surface area (Å²) in [5.41, 5.74) is 0.803. The summed E-state index contributed by atoms with van der Waals surface area (Å²) in [6.07, 6.45) is -4.30. The second-order valence-electron chi connectivity index (χ2n) is 3.12. The molecule has 0 saturated carbocycles. The number of alkyl halides is 4. The Labute approximate surface area is 91.2 Å². The van der Waals surface area contributed by atoms with Crippen molar-refractivity contribution in [3.8, 4) is 0 Å². The Morgan fingerprint density at radius 1 is 1.20 bits per heavy atom. The Morgan fingerprint density at radius 3 is 2.27 bits per heavy atom. The van der Waals surface area contributed by atoms with Crippen LogP contribution in [-0.4, -0.2) is 18.1 Å². The molecule has 0 aliphatic heterocycles. The lowest BCUT2D eigenvalue weighted by Crippen LogP contribution is -2.43. The number of hydrogen-bond donors (Lipinski definition) is 1. The highest BCUT2D eigenvalue weighted by Crippen LogP contribution is 2.21. The van der Waals surface area contributed by atoms with Gasteiger partial charge in [-0.15, -0.1) is 11.6 Å². The molecule has 0 unspecified atom stereocenters. The van der Waals surface area contributed by atoms with Gasteiger partial charge in [-0.2, -0.15) is 13.2 Å². The molecule has 0 aliphatic carbocycles. The summed E-state index contributed by atoms with van der Waals surface area (Å²) in [5, 5.41) is 2.37. The number of rotatable bonds is 4. The van der Waals surface area contributed by atoms with Gasteiger partial charge in [0.1, 0.15) is 6.04 Å². The zero-order valence-corrected chi connectivity index (χ0v) is 8.65. The van der Waals surface area contributed by atoms with Gasteiger partial charge in [0.25, 0.3) is 0 Å². The van der Waals surface area contributed by atoms with E-state index >= 15 is 0 Å². The Hall–Kier alpha value is -0.740. The van der Waals surface area contributed by atoms with Crippen LogP contribution in [0.25, 0.3) is 0 Å². The molecule has 0 aliphatic rings. The quantitative estimate of drug-likeness (QED) is 0.794. The first kappa shape index (κ1) is 12.3. The molecule has 0 saturated heterocycles. The lowest BCUT2D eigenvalue weighted by molar-refractivity contribution is -0.150. The van der Waals surface area contributed by atoms with Crippen molar-refractivity contribution in [1.29, 1.82) is 0 Å². The minimum absolute atomic E-state index is 0.164. The summed E-state index contributed by atoms with van der Waals surface area (Å²) in [4.78, 5) is 0. The van der Waals surface area contributed by atoms with E-state index in [-0.39, 0.29) is 6.54 Å². The minimum Gasteiger partial charge on any atom is -0.301 e. The van der Waals surface area contributed by atoms with E-state index in [0.29, 0.717) is 0 Å². The van der Waals surface area contributed by atoms with Crippen LogP contribution in [0, 0.1) is 0 Å². The van der Waals surface area contributed by atoms with Crippen molar-refractivity contribution in [2.24, 2.45) is 0 Å². The number of hydrogen-bond acceptors (Lipinski definition) is 1. The van der Waals surface area contributed by atoms with E-state index in [9.17, 15) is 13.2 Å². The molecule has 15 heavy (non-hydrogen) atoms. The van der Waals surface area contributed by atoms with Crippen LogP contribution in [0.15, 0.2) is 30.3 Å². The van der Waals surface area contributed by atoms with Crippen molar-refractivity contribution in [3.63, 3.8) is 0 Å². The van der Waals surface area contributed by atoms with Gasteiger partial charge in [-0.1, -0.05) is 30.3 Å². The second-order valence-corrected chi connectivity index (χ2v) is 3.42. The van der Waals surface area contributed by atoms with E-state index < -0.39 is 18.1 Å². The highest BCUT2D eigenvalue weighted by Gasteiger charge is 2.38. The fourth-order valence-electron chi connectivity index (χ4n) is 1.09. The van der Waals surface area contributed by atoms with E-state index in [1.54, 1.807) is 24.3 Å². The fourth-order valence-corrected chi connectivity index (χ4v) is 1.38. The zero-order valence-electron chi connectivity index (χ0n) is 7.89. The van der Waals surface area contributed by atoms with Crippen LogP contribution in [0.1, 0.15) is 5.56 Å². The van der Waals surface area contributed by atoms with Crippen LogP contribution in [-0.2, 0) is 6.54 Å². The van der Waals surface area contributed by atoms with Crippen molar-refractivity contribution in [1.82, 2.24) is 5.32 Å². The van der Waals surface area contributed by atoms with Gasteiger partial charge in [0.15, 0.2) is 0 Å². The Morgan fingerprint density at radius 2 is 1.80 bits per heavy atom. The van der Waals surface area contributed by atoms with Crippen molar-refractivity contribution in [3.05, 3.63) is 35.9 Å². The molecule has 1 aromatic rings. The Bertz CT molecular complexity index is 286. The van der Waals surface area contributed by atoms with Crippen LogP contribution < -0.4 is 5.32 Å². The predicted molar refractivity (Wildman–Crippen MR) is 53.8 cm³/mol. The van der Waals surface area contributed by atoms with Crippen LogP contribution in [0.5, 0.6) is 0 Å². The van der Waals surface area contributed by atoms with Gasteiger partial charge >= 0.3 is 6.18 Å². The zero-order chi connectivity index (χ0) is 11.3. The molecule has 1 rings (SSSR count). The summed E-state index contributed by atoms with van der Waals surface area (Å²) in [5.74, 6) is -0.476. The third-order valence-corrected chi connectivity index (χ3v) is 2.25. The Kier molecular flexibility index (Phi) is 4.42. The molecule has 0 fully saturated rings. The first-order valence-electron chi connectivity index (χ1n) is 4.44. The molecule has 1 N–H and O–H groups in total. The Balaban J connectivity index is 2.49. The van der Waals surface area contributed by atoms with Crippen molar-refractivity contribution in [2.75, 3.05) is 5.88 Å². The molecule has 1 nitrogen and oxygen atoms in total. The maximum atomic E-state index is 12.3. The number of benzene rings is 1. The van der Waals surface area contributed by atoms with Gasteiger partial charge in [0, 0.05) is 12.4 Å². The van der Waals surface area contributed by atoms with E-state index in [4.69, 9.17) is 11.6 Å². The first-order chi connectivity index (χ1) is 7.04. The standard InChI is InChI=1S/C10H11ClF3N/c11-6-9(10(12,13)14)15-7-8-4-2-1-3-5-8/h1-5,9,15H,6-7H2/t9-/m1/s1. The van der Waals surface area contributed by atoms with Gasteiger partial charge in [-0.05, 0) is 5.56 Å². The van der Waals surface area contributed by atoms with E-state index in [1.165, 1.54) is 0 Å². The van der Waals surface area contributed by atoms with Crippen molar-refractivity contribution >= 4 is 11.6 Å². The van der Waals surface area contributed by atoms with Crippen LogP contribution >= 0.6 is 11.6 Å². The van der Waals surface area contributed by atoms with Gasteiger partial charge in [0.2, 0.25) is 0 Å². The molecule has 5 heteroatoms. The molecule has 0 bridgehead atoms. The largest absolute Gasteiger partial charge is 0.405 e. The third-order valence-electron chi connectivity index (χ3n) is 1.94. The van der Waals surface area contributed by atoms with Gasteiger partial charge < -0.3 is 5.32 Å². The lowest BCUT2D eigenvalue weighted by atomic mass is 10.2. The maximum absolute atomic E-state index is 12.3. The van der Waals surface area contributed by atoms with E-state index in [2.05, 4.69) is 5.32 Å². The summed E-state index contributed by atoms with van der Waals surface area (Å²) in [6.45, 7) is 0.164. The SMILES string of the molecule is FC(F)(F)[C@@H](CCl)NCc1ccccc1. The fraction of sp³-hybridized carbons (Fsp3) is 0.400. The third kappa shape index (κ3) is 4.10. The number of halogens is 4. The summed E-state index contributed by atoms with van der Waals surface area (Å²) in [6, 6.07) is 7.23. The first-order valence-corrected chi connectivity index (χ1v) is 4.97. The van der Waals surface area contributed by atoms with Crippen molar-refractivity contribution < 1.29 is 13.2 Å². The monoisotopic (exact) mass is 237 g/mol. The molecule has 1 atom stereocenters. The highest BCUT2D eigenvalue weighted by atomic mass is 35.5. The average Bonchev–Trinajstić information content (AvgIpc) is 2.18. The summed E-state index contributed by atoms with van der Waals surface area (Å²) >= 11 is 5.24. The molecular formula is C10H11ClF3N. The average molecular weight is 238 g/mol. The summed E-state index contributed by atoms with van der Waals surface area (Å²) in [7, 11) is 0. The maximum Gasteiger partial charge on any atom is 0.405 e. The molecule has 0 heterocycles. The smallest absolute Gasteiger partial charge is 0.301 e. The molecule has 0 spiro atoms. The minimum atomic E-state index is -4.30. The highest BCUT2D eigenvalue weighted by molar-refractivity contribution is 6.18. The summed E-state index contributed by atoms with van der Waals surface area (Å²) < 4.78 is 36.8. The van der Waals surface area contributed by atoms with Crippen molar-refractivity contribution in [2.45, 2.75) is 18.8 Å². The van der Waals surface area contributed by atoms with Crippen LogP contribution in [0.2, 0.25) is 0 Å². The lowest BCUT2D eigenvalue weighted by Gasteiger charge is -2.19. The number of nitrogens with one attached hydrogen (secondary N) is 1. The van der Waals surface area contributed by atoms with E-state index in [1.807, 2.05) is 6.07 Å². The molecule has 0 amide bonds. The van der Waals surface area contributed by atoms with Crippen LogP contribution in [0.3, 0.4) is 0 Å². The van der Waals surface area contributed by atoms with Crippen LogP contribution in [0.4, 0.5) is 13.2 Å². The topological polar surface area (TPSA) is 12.0 Å². The molecular weight excluding hydrogens is 227 g/mol.